The average molecular weight is 280 g/mol. The molecule has 0 aliphatic rings. The van der Waals surface area contributed by atoms with Gasteiger partial charge < -0.3 is 20.9 Å². The van der Waals surface area contributed by atoms with Gasteiger partial charge in [-0.3, -0.25) is 0 Å². The van der Waals surface area contributed by atoms with E-state index in [0.29, 0.717) is 12.3 Å². The fourth-order valence-corrected chi connectivity index (χ4v) is 1.87. The highest BCUT2D eigenvalue weighted by molar-refractivity contribution is 5.54. The maximum atomic E-state index is 9.16. The molecule has 0 bridgehead atoms. The number of ether oxygens (including phenoxy) is 1. The van der Waals surface area contributed by atoms with Gasteiger partial charge in [0.1, 0.15) is 5.75 Å². The molecule has 0 heterocycles. The quantitative estimate of drug-likeness (QED) is 0.480. The first-order valence-electron chi connectivity index (χ1n) is 7.35. The predicted molar refractivity (Wildman–Crippen MR) is 84.1 cm³/mol. The molecule has 0 atom stereocenters. The molecule has 0 saturated heterocycles. The van der Waals surface area contributed by atoms with Crippen LogP contribution in [0, 0.1) is 0 Å². The summed E-state index contributed by atoms with van der Waals surface area (Å²) in [5, 5.41) is 12.5. The number of hydrogen-bond donors (Lipinski definition) is 3. The number of nitrogens with two attached hydrogens (primary N) is 1. The third kappa shape index (κ3) is 5.80. The topological polar surface area (TPSA) is 67.5 Å². The predicted octanol–water partition coefficient (Wildman–Crippen LogP) is 2.35. The summed E-state index contributed by atoms with van der Waals surface area (Å²) >= 11 is 0. The van der Waals surface area contributed by atoms with Crippen LogP contribution >= 0.6 is 0 Å². The van der Waals surface area contributed by atoms with Crippen molar-refractivity contribution in [2.75, 3.05) is 25.5 Å². The van der Waals surface area contributed by atoms with Gasteiger partial charge in [0.05, 0.1) is 18.9 Å². The van der Waals surface area contributed by atoms with E-state index in [0.717, 1.165) is 31.6 Å². The standard InChI is InChI=1S/C16H28N2O2/c1-4-10-20-15-8-7-13(11-14(15)17)6-5-9-18-16(2,3)12-19/h7-8,11,18-19H,4-6,9-10,12,17H2,1-3H3. The fourth-order valence-electron chi connectivity index (χ4n) is 1.87. The van der Waals surface area contributed by atoms with Crippen molar-refractivity contribution >= 4 is 5.69 Å². The highest BCUT2D eigenvalue weighted by Crippen LogP contribution is 2.23. The van der Waals surface area contributed by atoms with Crippen LogP contribution in [0.5, 0.6) is 5.75 Å². The van der Waals surface area contributed by atoms with Crippen molar-refractivity contribution in [3.8, 4) is 5.75 Å². The van der Waals surface area contributed by atoms with E-state index in [4.69, 9.17) is 15.6 Å². The van der Waals surface area contributed by atoms with Crippen molar-refractivity contribution in [1.29, 1.82) is 0 Å². The fraction of sp³-hybridized carbons (Fsp3) is 0.625. The minimum atomic E-state index is -0.211. The normalized spacial score (nSPS) is 11.6. The Kier molecular flexibility index (Phi) is 6.82. The molecule has 20 heavy (non-hydrogen) atoms. The largest absolute Gasteiger partial charge is 0.491 e. The Hall–Kier alpha value is -1.26. The first kappa shape index (κ1) is 16.8. The van der Waals surface area contributed by atoms with Crippen LogP contribution in [0.15, 0.2) is 18.2 Å². The number of aliphatic hydroxyl groups excluding tert-OH is 1. The molecule has 0 fully saturated rings. The minimum Gasteiger partial charge on any atom is -0.491 e. The van der Waals surface area contributed by atoms with Crippen LogP contribution in [0.4, 0.5) is 5.69 Å². The lowest BCUT2D eigenvalue weighted by Crippen LogP contribution is -2.43. The number of rotatable bonds is 9. The second kappa shape index (κ2) is 8.12. The molecule has 0 unspecified atom stereocenters. The van der Waals surface area contributed by atoms with E-state index in [1.54, 1.807) is 0 Å². The van der Waals surface area contributed by atoms with Gasteiger partial charge >= 0.3 is 0 Å². The molecule has 0 aliphatic heterocycles. The number of aryl methyl sites for hydroxylation is 1. The Morgan fingerprint density at radius 1 is 1.35 bits per heavy atom. The Morgan fingerprint density at radius 2 is 2.10 bits per heavy atom. The molecule has 4 N–H and O–H groups in total. The highest BCUT2D eigenvalue weighted by Gasteiger charge is 2.14. The van der Waals surface area contributed by atoms with E-state index in [1.165, 1.54) is 5.56 Å². The van der Waals surface area contributed by atoms with Crippen molar-refractivity contribution in [3.05, 3.63) is 23.8 Å². The summed E-state index contributed by atoms with van der Waals surface area (Å²) in [4.78, 5) is 0. The van der Waals surface area contributed by atoms with Crippen molar-refractivity contribution in [3.63, 3.8) is 0 Å². The smallest absolute Gasteiger partial charge is 0.142 e. The lowest BCUT2D eigenvalue weighted by molar-refractivity contribution is 0.188. The third-order valence-corrected chi connectivity index (χ3v) is 3.18. The zero-order chi connectivity index (χ0) is 15.0. The molecule has 0 amide bonds. The zero-order valence-electron chi connectivity index (χ0n) is 12.9. The van der Waals surface area contributed by atoms with E-state index in [2.05, 4.69) is 18.3 Å². The minimum absolute atomic E-state index is 0.142. The molecular formula is C16H28N2O2. The lowest BCUT2D eigenvalue weighted by atomic mass is 10.1. The van der Waals surface area contributed by atoms with Crippen LogP contribution in [-0.2, 0) is 6.42 Å². The van der Waals surface area contributed by atoms with Crippen molar-refractivity contribution < 1.29 is 9.84 Å². The van der Waals surface area contributed by atoms with Gasteiger partial charge in [-0.1, -0.05) is 13.0 Å². The monoisotopic (exact) mass is 280 g/mol. The zero-order valence-corrected chi connectivity index (χ0v) is 12.9. The lowest BCUT2D eigenvalue weighted by Gasteiger charge is -2.23. The van der Waals surface area contributed by atoms with Gasteiger partial charge in [-0.15, -0.1) is 0 Å². The van der Waals surface area contributed by atoms with Crippen LogP contribution in [0.2, 0.25) is 0 Å². The first-order valence-corrected chi connectivity index (χ1v) is 7.35. The SMILES string of the molecule is CCCOc1ccc(CCCNC(C)(C)CO)cc1N. The number of aliphatic hydroxyl groups is 1. The van der Waals surface area contributed by atoms with Crippen molar-refractivity contribution in [2.24, 2.45) is 0 Å². The first-order chi connectivity index (χ1) is 9.48. The number of benzene rings is 1. The molecule has 1 aromatic carbocycles. The molecular weight excluding hydrogens is 252 g/mol. The molecule has 0 aliphatic carbocycles. The summed E-state index contributed by atoms with van der Waals surface area (Å²) in [5.74, 6) is 0.773. The molecule has 0 saturated carbocycles. The van der Waals surface area contributed by atoms with E-state index in [-0.39, 0.29) is 12.1 Å². The average Bonchev–Trinajstić information content (AvgIpc) is 2.43. The van der Waals surface area contributed by atoms with Crippen molar-refractivity contribution in [1.82, 2.24) is 5.32 Å². The Morgan fingerprint density at radius 3 is 2.70 bits per heavy atom. The molecule has 114 valence electrons. The van der Waals surface area contributed by atoms with Gasteiger partial charge in [0, 0.05) is 5.54 Å². The highest BCUT2D eigenvalue weighted by atomic mass is 16.5. The van der Waals surface area contributed by atoms with Gasteiger partial charge in [-0.25, -0.2) is 0 Å². The van der Waals surface area contributed by atoms with Crippen LogP contribution in [0.3, 0.4) is 0 Å². The number of hydrogen-bond acceptors (Lipinski definition) is 4. The van der Waals surface area contributed by atoms with Gasteiger partial charge in [0.25, 0.3) is 0 Å². The van der Waals surface area contributed by atoms with Crippen LogP contribution in [0.1, 0.15) is 39.2 Å². The molecule has 0 spiro atoms. The maximum Gasteiger partial charge on any atom is 0.142 e. The van der Waals surface area contributed by atoms with Crippen LogP contribution < -0.4 is 15.8 Å². The van der Waals surface area contributed by atoms with Gasteiger partial charge in [0.15, 0.2) is 0 Å². The summed E-state index contributed by atoms with van der Waals surface area (Å²) < 4.78 is 5.56. The maximum absolute atomic E-state index is 9.16. The molecule has 1 rings (SSSR count). The summed E-state index contributed by atoms with van der Waals surface area (Å²) in [5.41, 5.74) is 7.70. The molecule has 1 aromatic rings. The second-order valence-electron chi connectivity index (χ2n) is 5.79. The Balaban J connectivity index is 2.39. The number of anilines is 1. The Labute approximate surface area is 122 Å². The van der Waals surface area contributed by atoms with E-state index >= 15 is 0 Å². The van der Waals surface area contributed by atoms with Gasteiger partial charge in [0.2, 0.25) is 0 Å². The van der Waals surface area contributed by atoms with Crippen molar-refractivity contribution in [2.45, 2.75) is 45.6 Å². The molecule has 4 nitrogen and oxygen atoms in total. The van der Waals surface area contributed by atoms with Crippen LogP contribution in [0.25, 0.3) is 0 Å². The molecule has 0 radical (unpaired) electrons. The number of nitrogens with one attached hydrogen (secondary N) is 1. The summed E-state index contributed by atoms with van der Waals surface area (Å²) in [6.07, 6.45) is 2.96. The van der Waals surface area contributed by atoms with E-state index in [1.807, 2.05) is 26.0 Å². The molecule has 0 aromatic heterocycles. The summed E-state index contributed by atoms with van der Waals surface area (Å²) in [6.45, 7) is 7.77. The summed E-state index contributed by atoms with van der Waals surface area (Å²) in [6, 6.07) is 6.01. The van der Waals surface area contributed by atoms with Gasteiger partial charge in [-0.2, -0.15) is 0 Å². The molecule has 4 heteroatoms. The number of nitrogen functional groups attached to an aromatic ring is 1. The second-order valence-corrected chi connectivity index (χ2v) is 5.79. The van der Waals surface area contributed by atoms with E-state index in [9.17, 15) is 0 Å². The summed E-state index contributed by atoms with van der Waals surface area (Å²) in [7, 11) is 0. The van der Waals surface area contributed by atoms with Gasteiger partial charge in [-0.05, 0) is 57.4 Å². The van der Waals surface area contributed by atoms with E-state index < -0.39 is 0 Å². The Bertz CT molecular complexity index is 405. The third-order valence-electron chi connectivity index (χ3n) is 3.18. The van der Waals surface area contributed by atoms with Crippen LogP contribution in [-0.4, -0.2) is 30.4 Å².